The number of amides is 2. The van der Waals surface area contributed by atoms with E-state index in [1.54, 1.807) is 4.90 Å². The van der Waals surface area contributed by atoms with Crippen molar-refractivity contribution in [1.29, 1.82) is 0 Å². The van der Waals surface area contributed by atoms with Gasteiger partial charge in [-0.25, -0.2) is 0 Å². The third kappa shape index (κ3) is 3.79. The van der Waals surface area contributed by atoms with E-state index < -0.39 is 0 Å². The smallest absolute Gasteiger partial charge is 0.225 e. The maximum Gasteiger partial charge on any atom is 0.225 e. The van der Waals surface area contributed by atoms with Crippen molar-refractivity contribution in [1.82, 2.24) is 20.0 Å². The quantitative estimate of drug-likeness (QED) is 0.893. The molecular weight excluding hydrogens is 304 g/mol. The zero-order valence-electron chi connectivity index (χ0n) is 15.8. The van der Waals surface area contributed by atoms with Crippen LogP contribution in [0.1, 0.15) is 51.1 Å². The summed E-state index contributed by atoms with van der Waals surface area (Å²) in [5, 5.41) is 7.50. The van der Waals surface area contributed by atoms with Gasteiger partial charge in [-0.05, 0) is 53.5 Å². The highest BCUT2D eigenvalue weighted by Gasteiger charge is 2.39. The first-order valence-electron chi connectivity index (χ1n) is 8.76. The molecule has 0 aliphatic carbocycles. The van der Waals surface area contributed by atoms with Crippen LogP contribution in [0.15, 0.2) is 0 Å². The predicted molar refractivity (Wildman–Crippen MR) is 93.7 cm³/mol. The summed E-state index contributed by atoms with van der Waals surface area (Å²) in [6, 6.07) is 0. The maximum absolute atomic E-state index is 12.4. The van der Waals surface area contributed by atoms with Gasteiger partial charge in [0.1, 0.15) is 0 Å². The molecule has 6 heteroatoms. The van der Waals surface area contributed by atoms with E-state index in [9.17, 15) is 9.59 Å². The largest absolute Gasteiger partial charge is 0.355 e. The van der Waals surface area contributed by atoms with E-state index in [2.05, 4.69) is 24.3 Å². The zero-order valence-corrected chi connectivity index (χ0v) is 15.8. The number of likely N-dealkylation sites (tertiary alicyclic amines) is 1. The van der Waals surface area contributed by atoms with E-state index in [0.29, 0.717) is 19.5 Å². The molecule has 6 nitrogen and oxygen atoms in total. The van der Waals surface area contributed by atoms with Crippen molar-refractivity contribution in [2.24, 2.45) is 5.92 Å². The number of hydrogen-bond donors (Lipinski definition) is 1. The molecule has 0 aromatic carbocycles. The van der Waals surface area contributed by atoms with Crippen LogP contribution >= 0.6 is 0 Å². The molecule has 0 bridgehead atoms. The minimum Gasteiger partial charge on any atom is -0.355 e. The molecule has 1 atom stereocenters. The lowest BCUT2D eigenvalue weighted by molar-refractivity contribution is -0.132. The van der Waals surface area contributed by atoms with Crippen LogP contribution in [0.2, 0.25) is 0 Å². The van der Waals surface area contributed by atoms with Gasteiger partial charge in [0.25, 0.3) is 0 Å². The first kappa shape index (κ1) is 18.5. The van der Waals surface area contributed by atoms with Crippen molar-refractivity contribution in [3.63, 3.8) is 0 Å². The molecule has 1 aliphatic rings. The lowest BCUT2D eigenvalue weighted by Gasteiger charge is -2.31. The highest BCUT2D eigenvalue weighted by molar-refractivity contribution is 5.89. The highest BCUT2D eigenvalue weighted by atomic mass is 16.2. The molecular formula is C18H30N4O2. The third-order valence-corrected chi connectivity index (χ3v) is 4.81. The minimum atomic E-state index is -0.239. The summed E-state index contributed by atoms with van der Waals surface area (Å²) in [4.78, 5) is 26.3. The summed E-state index contributed by atoms with van der Waals surface area (Å²) in [7, 11) is 0. The molecule has 0 saturated carbocycles. The molecule has 1 aromatic heterocycles. The zero-order chi connectivity index (χ0) is 18.1. The summed E-state index contributed by atoms with van der Waals surface area (Å²) < 4.78 is 1.99. The van der Waals surface area contributed by atoms with Gasteiger partial charge in [0.2, 0.25) is 11.8 Å². The van der Waals surface area contributed by atoms with Crippen LogP contribution in [0.5, 0.6) is 0 Å². The van der Waals surface area contributed by atoms with Gasteiger partial charge in [-0.3, -0.25) is 14.3 Å². The van der Waals surface area contributed by atoms with Gasteiger partial charge in [-0.2, -0.15) is 5.10 Å². The Balaban J connectivity index is 1.89. The average Bonchev–Trinajstić information content (AvgIpc) is 3.01. The molecule has 1 aromatic rings. The molecule has 0 radical (unpaired) electrons. The van der Waals surface area contributed by atoms with Crippen molar-refractivity contribution in [2.45, 2.75) is 66.5 Å². The number of carbonyl (C=O) groups is 2. The number of aromatic nitrogens is 2. The van der Waals surface area contributed by atoms with Gasteiger partial charge in [0.05, 0.1) is 11.6 Å². The Bertz CT molecular complexity index is 628. The van der Waals surface area contributed by atoms with Crippen molar-refractivity contribution < 1.29 is 9.59 Å². The Labute approximate surface area is 144 Å². The molecule has 0 unspecified atom stereocenters. The maximum atomic E-state index is 12.4. The Morgan fingerprint density at radius 3 is 2.50 bits per heavy atom. The number of hydrogen-bond acceptors (Lipinski definition) is 3. The first-order valence-corrected chi connectivity index (χ1v) is 8.76. The van der Waals surface area contributed by atoms with Gasteiger partial charge >= 0.3 is 0 Å². The fourth-order valence-electron chi connectivity index (χ4n) is 3.39. The summed E-state index contributed by atoms with van der Waals surface area (Å²) in [6.07, 6.45) is 1.09. The molecule has 1 saturated heterocycles. The highest BCUT2D eigenvalue weighted by Crippen LogP contribution is 2.25. The summed E-state index contributed by atoms with van der Waals surface area (Å²) in [6.45, 7) is 14.1. The second kappa shape index (κ2) is 6.95. The van der Waals surface area contributed by atoms with E-state index >= 15 is 0 Å². The normalized spacial score (nSPS) is 18.3. The Hall–Kier alpha value is -1.85. The lowest BCUT2D eigenvalue weighted by atomic mass is 10.1. The van der Waals surface area contributed by atoms with Crippen LogP contribution in [0.4, 0.5) is 0 Å². The topological polar surface area (TPSA) is 67.2 Å². The first-order chi connectivity index (χ1) is 11.1. The lowest BCUT2D eigenvalue weighted by Crippen LogP contribution is -2.43. The van der Waals surface area contributed by atoms with Crippen molar-refractivity contribution >= 4 is 11.8 Å². The van der Waals surface area contributed by atoms with Crippen LogP contribution in [-0.4, -0.2) is 45.1 Å². The molecule has 2 amide bonds. The molecule has 1 fully saturated rings. The predicted octanol–water partition coefficient (Wildman–Crippen LogP) is 1.83. The summed E-state index contributed by atoms with van der Waals surface area (Å²) in [5.41, 5.74) is 3.17. The average molecular weight is 334 g/mol. The van der Waals surface area contributed by atoms with E-state index in [0.717, 1.165) is 18.7 Å². The van der Waals surface area contributed by atoms with E-state index in [4.69, 9.17) is 0 Å². The summed E-state index contributed by atoms with van der Waals surface area (Å²) >= 11 is 0. The van der Waals surface area contributed by atoms with Crippen molar-refractivity contribution in [3.05, 3.63) is 17.0 Å². The Morgan fingerprint density at radius 1 is 1.33 bits per heavy atom. The van der Waals surface area contributed by atoms with Gasteiger partial charge in [-0.1, -0.05) is 0 Å². The molecule has 24 heavy (non-hydrogen) atoms. The molecule has 2 heterocycles. The monoisotopic (exact) mass is 334 g/mol. The molecule has 134 valence electrons. The van der Waals surface area contributed by atoms with Crippen LogP contribution in [0.25, 0.3) is 0 Å². The van der Waals surface area contributed by atoms with Gasteiger partial charge in [-0.15, -0.1) is 0 Å². The number of rotatable bonds is 5. The number of aryl methyl sites for hydroxylation is 2. The van der Waals surface area contributed by atoms with Crippen LogP contribution < -0.4 is 5.32 Å². The van der Waals surface area contributed by atoms with E-state index in [1.165, 1.54) is 11.3 Å². The van der Waals surface area contributed by atoms with Gasteiger partial charge in [0, 0.05) is 37.3 Å². The Kier molecular flexibility index (Phi) is 5.35. The molecule has 2 rings (SSSR count). The molecule has 1 N–H and O–H groups in total. The Morgan fingerprint density at radius 2 is 2.00 bits per heavy atom. The second-order valence-electron chi connectivity index (χ2n) is 7.58. The number of carbonyl (C=O) groups excluding carboxylic acids is 2. The van der Waals surface area contributed by atoms with Crippen LogP contribution in [-0.2, 0) is 22.6 Å². The standard InChI is InChI=1S/C18H30N4O2/c1-7-22-13(3)15(12(2)20-22)8-9-19-17(24)14-10-16(23)21(11-14)18(4,5)6/h14H,7-11H2,1-6H3,(H,19,24)/t14-/m0/s1. The van der Waals surface area contributed by atoms with E-state index in [1.807, 2.05) is 32.4 Å². The number of nitrogens with zero attached hydrogens (tertiary/aromatic N) is 3. The van der Waals surface area contributed by atoms with Crippen molar-refractivity contribution in [3.8, 4) is 0 Å². The number of nitrogens with one attached hydrogen (secondary N) is 1. The second-order valence-corrected chi connectivity index (χ2v) is 7.58. The fourth-order valence-corrected chi connectivity index (χ4v) is 3.39. The van der Waals surface area contributed by atoms with Gasteiger partial charge in [0.15, 0.2) is 0 Å². The summed E-state index contributed by atoms with van der Waals surface area (Å²) in [5.74, 6) is -0.191. The third-order valence-electron chi connectivity index (χ3n) is 4.81. The van der Waals surface area contributed by atoms with E-state index in [-0.39, 0.29) is 23.3 Å². The minimum absolute atomic E-state index is 0.0201. The SMILES string of the molecule is CCn1nc(C)c(CCNC(=O)[C@H]2CC(=O)N(C(C)(C)C)C2)c1C. The van der Waals surface area contributed by atoms with Crippen LogP contribution in [0, 0.1) is 19.8 Å². The van der Waals surface area contributed by atoms with Crippen molar-refractivity contribution in [2.75, 3.05) is 13.1 Å². The fraction of sp³-hybridized carbons (Fsp3) is 0.722. The van der Waals surface area contributed by atoms with Crippen LogP contribution in [0.3, 0.4) is 0 Å². The van der Waals surface area contributed by atoms with Gasteiger partial charge < -0.3 is 10.2 Å². The molecule has 0 spiro atoms. The molecule has 1 aliphatic heterocycles.